The van der Waals surface area contributed by atoms with Crippen molar-refractivity contribution in [3.05, 3.63) is 0 Å². The van der Waals surface area contributed by atoms with Crippen molar-refractivity contribution < 1.29 is 18.5 Å². The fourth-order valence-corrected chi connectivity index (χ4v) is 4.26. The maximum absolute atomic E-state index is 12.6. The molecule has 1 unspecified atom stereocenters. The summed E-state index contributed by atoms with van der Waals surface area (Å²) < 4.78 is 17.7. The number of carbonyl (C=O) groups is 2. The lowest BCUT2D eigenvalue weighted by Gasteiger charge is -2.39. The van der Waals surface area contributed by atoms with E-state index in [1.165, 1.54) is 0 Å². The molecular formula is C18H35N3O4S. The topological polar surface area (TPSA) is 111 Å². The molecule has 26 heavy (non-hydrogen) atoms. The van der Waals surface area contributed by atoms with Gasteiger partial charge in [0, 0.05) is 27.9 Å². The molecule has 1 aliphatic carbocycles. The van der Waals surface area contributed by atoms with Gasteiger partial charge in [-0.05, 0) is 46.5 Å². The summed E-state index contributed by atoms with van der Waals surface area (Å²) in [6.45, 7) is 6.42. The molecule has 1 saturated carbocycles. The lowest BCUT2D eigenvalue weighted by molar-refractivity contribution is -0.109. The summed E-state index contributed by atoms with van der Waals surface area (Å²) in [5, 5.41) is 5.76. The summed E-state index contributed by atoms with van der Waals surface area (Å²) >= 11 is 0. The van der Waals surface area contributed by atoms with E-state index >= 15 is 0 Å². The highest BCUT2D eigenvalue weighted by Crippen LogP contribution is 2.31. The molecular weight excluding hydrogens is 354 g/mol. The van der Waals surface area contributed by atoms with Crippen LogP contribution in [0.1, 0.15) is 65.7 Å². The number of ether oxygens (including phenoxy) is 1. The number of hydrogen-bond acceptors (Lipinski definition) is 5. The van der Waals surface area contributed by atoms with Gasteiger partial charge in [0.25, 0.3) is 0 Å². The monoisotopic (exact) mass is 389 g/mol. The van der Waals surface area contributed by atoms with Crippen molar-refractivity contribution in [2.45, 2.75) is 82.0 Å². The third kappa shape index (κ3) is 8.60. The van der Waals surface area contributed by atoms with Crippen LogP contribution in [-0.4, -0.2) is 51.9 Å². The quantitative estimate of drug-likeness (QED) is 0.300. The first-order valence-corrected chi connectivity index (χ1v) is 10.7. The van der Waals surface area contributed by atoms with Crippen LogP contribution < -0.4 is 16.4 Å². The maximum Gasteiger partial charge on any atom is 0.317 e. The Morgan fingerprint density at radius 3 is 2.54 bits per heavy atom. The Hall–Kier alpha value is -0.990. The van der Waals surface area contributed by atoms with E-state index < -0.39 is 22.4 Å². The predicted molar refractivity (Wildman–Crippen MR) is 104 cm³/mol. The summed E-state index contributed by atoms with van der Waals surface area (Å²) in [5.41, 5.74) is 5.09. The molecule has 0 aromatic heterocycles. The molecule has 0 spiro atoms. The Bertz CT molecular complexity index is 474. The Morgan fingerprint density at radius 2 is 1.96 bits per heavy atom. The van der Waals surface area contributed by atoms with Crippen LogP contribution in [0.3, 0.4) is 0 Å². The van der Waals surface area contributed by atoms with Gasteiger partial charge in [-0.25, -0.2) is 4.79 Å². The standard InChI is InChI=1S/C18H35N3O4S/c1-17(2,3)26(24)13-18(9-5-4-6-10-18)21-16(23)20-14-25-11-7-8-15(19)12-22/h12,15H,4-11,13-14,19H2,1-3H3,(H2,20,21,23)/t15-,26?/m0/s1. The fourth-order valence-electron chi connectivity index (χ4n) is 2.96. The summed E-state index contributed by atoms with van der Waals surface area (Å²) in [4.78, 5) is 22.7. The van der Waals surface area contributed by atoms with Crippen LogP contribution in [0.2, 0.25) is 0 Å². The Labute approximate surface area is 159 Å². The van der Waals surface area contributed by atoms with Gasteiger partial charge in [0.05, 0.1) is 11.6 Å². The van der Waals surface area contributed by atoms with Gasteiger partial charge in [0.15, 0.2) is 0 Å². The third-order valence-electron chi connectivity index (χ3n) is 4.62. The Morgan fingerprint density at radius 1 is 1.31 bits per heavy atom. The van der Waals surface area contributed by atoms with Crippen LogP contribution in [-0.2, 0) is 20.3 Å². The van der Waals surface area contributed by atoms with Crippen molar-refractivity contribution in [2.75, 3.05) is 19.1 Å². The van der Waals surface area contributed by atoms with E-state index in [9.17, 15) is 13.8 Å². The van der Waals surface area contributed by atoms with Gasteiger partial charge in [-0.2, -0.15) is 0 Å². The van der Waals surface area contributed by atoms with Gasteiger partial charge in [0.2, 0.25) is 0 Å². The second-order valence-corrected chi connectivity index (χ2v) is 10.3. The van der Waals surface area contributed by atoms with E-state index in [0.717, 1.165) is 38.4 Å². The average Bonchev–Trinajstić information content (AvgIpc) is 2.57. The van der Waals surface area contributed by atoms with E-state index in [1.807, 2.05) is 20.8 Å². The number of nitrogens with two attached hydrogens (primary N) is 1. The molecule has 0 aromatic carbocycles. The van der Waals surface area contributed by atoms with Crippen LogP contribution >= 0.6 is 0 Å². The SMILES string of the molecule is CC(C)(C)S(=O)CC1(NC(=O)NCOCCC[C@H](N)C=O)CCCCC1. The molecule has 2 amide bonds. The van der Waals surface area contributed by atoms with E-state index in [0.29, 0.717) is 25.2 Å². The molecule has 0 aliphatic heterocycles. The lowest BCUT2D eigenvalue weighted by atomic mass is 9.83. The van der Waals surface area contributed by atoms with Crippen molar-refractivity contribution in [3.63, 3.8) is 0 Å². The van der Waals surface area contributed by atoms with Gasteiger partial charge in [-0.15, -0.1) is 0 Å². The first-order valence-electron chi connectivity index (χ1n) is 9.42. The van der Waals surface area contributed by atoms with Crippen molar-refractivity contribution in [2.24, 2.45) is 5.73 Å². The number of hydrogen-bond donors (Lipinski definition) is 3. The molecule has 1 fully saturated rings. The van der Waals surface area contributed by atoms with Crippen LogP contribution in [0.25, 0.3) is 0 Å². The second kappa shape index (κ2) is 11.0. The summed E-state index contributed by atoms with van der Waals surface area (Å²) in [6.07, 6.45) is 6.88. The predicted octanol–water partition coefficient (Wildman–Crippen LogP) is 1.82. The number of urea groups is 1. The average molecular weight is 390 g/mol. The first-order chi connectivity index (χ1) is 12.2. The number of carbonyl (C=O) groups excluding carboxylic acids is 2. The van der Waals surface area contributed by atoms with E-state index in [1.54, 1.807) is 0 Å². The number of amides is 2. The summed E-state index contributed by atoms with van der Waals surface area (Å²) in [6, 6.07) is -0.743. The molecule has 0 saturated heterocycles. The largest absolute Gasteiger partial charge is 0.361 e. The van der Waals surface area contributed by atoms with Crippen molar-refractivity contribution >= 4 is 23.1 Å². The Balaban J connectivity index is 2.41. The molecule has 0 aromatic rings. The number of rotatable bonds is 10. The van der Waals surface area contributed by atoms with Gasteiger partial charge in [0.1, 0.15) is 13.0 Å². The van der Waals surface area contributed by atoms with Crippen LogP contribution in [0, 0.1) is 0 Å². The molecule has 1 rings (SSSR count). The normalized spacial score (nSPS) is 19.4. The van der Waals surface area contributed by atoms with E-state index in [-0.39, 0.29) is 17.5 Å². The molecule has 0 heterocycles. The molecule has 152 valence electrons. The second-order valence-electron chi connectivity index (χ2n) is 8.07. The van der Waals surface area contributed by atoms with Crippen LogP contribution in [0.5, 0.6) is 0 Å². The highest BCUT2D eigenvalue weighted by atomic mass is 32.2. The molecule has 0 bridgehead atoms. The number of nitrogens with one attached hydrogen (secondary N) is 2. The summed E-state index contributed by atoms with van der Waals surface area (Å²) in [7, 11) is -1.02. The molecule has 1 aliphatic rings. The smallest absolute Gasteiger partial charge is 0.317 e. The molecule has 7 nitrogen and oxygen atoms in total. The highest BCUT2D eigenvalue weighted by Gasteiger charge is 2.37. The van der Waals surface area contributed by atoms with Crippen molar-refractivity contribution in [1.82, 2.24) is 10.6 Å². The minimum atomic E-state index is -1.02. The molecule has 2 atom stereocenters. The minimum Gasteiger partial charge on any atom is -0.361 e. The number of aldehydes is 1. The fraction of sp³-hybridized carbons (Fsp3) is 0.889. The molecule has 8 heteroatoms. The van der Waals surface area contributed by atoms with E-state index in [4.69, 9.17) is 10.5 Å². The summed E-state index contributed by atoms with van der Waals surface area (Å²) in [5.74, 6) is 0.481. The third-order valence-corrected chi connectivity index (χ3v) is 6.80. The van der Waals surface area contributed by atoms with Gasteiger partial charge >= 0.3 is 6.03 Å². The van der Waals surface area contributed by atoms with Gasteiger partial charge < -0.3 is 25.9 Å². The van der Waals surface area contributed by atoms with Gasteiger partial charge in [-0.1, -0.05) is 19.3 Å². The Kier molecular flexibility index (Phi) is 9.74. The zero-order chi connectivity index (χ0) is 19.6. The van der Waals surface area contributed by atoms with Crippen molar-refractivity contribution in [3.8, 4) is 0 Å². The zero-order valence-corrected chi connectivity index (χ0v) is 17.2. The zero-order valence-electron chi connectivity index (χ0n) is 16.3. The molecule has 4 N–H and O–H groups in total. The van der Waals surface area contributed by atoms with Crippen molar-refractivity contribution in [1.29, 1.82) is 0 Å². The molecule has 0 radical (unpaired) electrons. The van der Waals surface area contributed by atoms with Crippen LogP contribution in [0.4, 0.5) is 4.79 Å². The first kappa shape index (κ1) is 23.0. The highest BCUT2D eigenvalue weighted by molar-refractivity contribution is 7.86. The minimum absolute atomic E-state index is 0.0978. The van der Waals surface area contributed by atoms with Gasteiger partial charge in [-0.3, -0.25) is 4.21 Å². The van der Waals surface area contributed by atoms with Crippen LogP contribution in [0.15, 0.2) is 0 Å². The van der Waals surface area contributed by atoms with E-state index in [2.05, 4.69) is 10.6 Å². The maximum atomic E-state index is 12.6. The lowest BCUT2D eigenvalue weighted by Crippen LogP contribution is -2.57.